The van der Waals surface area contributed by atoms with Crippen LogP contribution in [0.1, 0.15) is 37.5 Å². The topological polar surface area (TPSA) is 96.0 Å². The number of anilines is 1. The summed E-state index contributed by atoms with van der Waals surface area (Å²) in [6, 6.07) is 16.8. The molecule has 0 aliphatic heterocycles. The molecule has 44 heavy (non-hydrogen) atoms. The van der Waals surface area contributed by atoms with Gasteiger partial charge >= 0.3 is 6.18 Å². The molecule has 0 aromatic heterocycles. The normalized spacial score (nSPS) is 12.8. The largest absolute Gasteiger partial charge is 0.497 e. The molecule has 3 aromatic rings. The van der Waals surface area contributed by atoms with E-state index in [0.29, 0.717) is 21.7 Å². The number of amides is 2. The monoisotopic (exact) mass is 653 g/mol. The van der Waals surface area contributed by atoms with Crippen LogP contribution in [0.2, 0.25) is 5.02 Å². The van der Waals surface area contributed by atoms with Gasteiger partial charge in [0.2, 0.25) is 21.8 Å². The van der Waals surface area contributed by atoms with E-state index in [4.69, 9.17) is 16.3 Å². The van der Waals surface area contributed by atoms with E-state index in [0.717, 1.165) is 24.0 Å². The summed E-state index contributed by atoms with van der Waals surface area (Å²) < 4.78 is 72.4. The lowest BCUT2D eigenvalue weighted by atomic mass is 10.0. The molecule has 13 heteroatoms. The number of rotatable bonds is 11. The molecule has 0 fully saturated rings. The molecule has 0 bridgehead atoms. The van der Waals surface area contributed by atoms with Crippen molar-refractivity contribution in [3.8, 4) is 5.75 Å². The number of hydrogen-bond donors (Lipinski definition) is 1. The van der Waals surface area contributed by atoms with E-state index in [1.807, 2.05) is 0 Å². The third kappa shape index (κ3) is 9.62. The van der Waals surface area contributed by atoms with Gasteiger partial charge in [-0.25, -0.2) is 8.42 Å². The molecule has 0 aliphatic carbocycles. The zero-order chi connectivity index (χ0) is 32.9. The van der Waals surface area contributed by atoms with Gasteiger partial charge in [-0.2, -0.15) is 13.2 Å². The van der Waals surface area contributed by atoms with Gasteiger partial charge in [0.05, 0.1) is 29.6 Å². The first-order valence-electron chi connectivity index (χ1n) is 13.5. The number of nitrogens with one attached hydrogen (secondary N) is 1. The molecule has 1 unspecified atom stereocenters. The highest BCUT2D eigenvalue weighted by Crippen LogP contribution is 2.36. The van der Waals surface area contributed by atoms with Gasteiger partial charge in [-0.1, -0.05) is 54.1 Å². The lowest BCUT2D eigenvalue weighted by Gasteiger charge is -2.35. The Kier molecular flexibility index (Phi) is 11.0. The molecule has 2 amide bonds. The molecule has 8 nitrogen and oxygen atoms in total. The summed E-state index contributed by atoms with van der Waals surface area (Å²) in [6.07, 6.45) is -3.96. The van der Waals surface area contributed by atoms with Crippen LogP contribution in [0.4, 0.5) is 18.9 Å². The lowest BCUT2D eigenvalue weighted by Crippen LogP contribution is -2.56. The molecule has 3 rings (SSSR count). The number of benzene rings is 3. The standard InChI is InChI=1S/C31H35ClF3N3O5S/c1-30(2,3)36-29(40)27(17-21-10-7-6-8-11-21)37(19-22-12-9-13-24(16-22)43-4)28(39)20-38(44(5,41)42)26-18-23(31(33,34)35)14-15-25(26)32/h6-16,18,27H,17,19-20H2,1-5H3,(H,36,40). The van der Waals surface area contributed by atoms with Crippen molar-refractivity contribution < 1.29 is 35.9 Å². The van der Waals surface area contributed by atoms with E-state index >= 15 is 0 Å². The summed E-state index contributed by atoms with van der Waals surface area (Å²) in [6.45, 7) is 4.27. The minimum atomic E-state index is -4.79. The zero-order valence-electron chi connectivity index (χ0n) is 25.0. The molecule has 0 spiro atoms. The van der Waals surface area contributed by atoms with Crippen molar-refractivity contribution in [1.29, 1.82) is 0 Å². The Balaban J connectivity index is 2.15. The van der Waals surface area contributed by atoms with Crippen molar-refractivity contribution in [3.05, 3.63) is 94.5 Å². The Hall–Kier alpha value is -3.77. The first-order chi connectivity index (χ1) is 20.4. The third-order valence-electron chi connectivity index (χ3n) is 6.48. The van der Waals surface area contributed by atoms with Crippen molar-refractivity contribution in [1.82, 2.24) is 10.2 Å². The summed E-state index contributed by atoms with van der Waals surface area (Å²) in [7, 11) is -2.86. The zero-order valence-corrected chi connectivity index (χ0v) is 26.6. The number of nitrogens with zero attached hydrogens (tertiary/aromatic N) is 2. The van der Waals surface area contributed by atoms with Gasteiger partial charge in [-0.15, -0.1) is 0 Å². The maximum Gasteiger partial charge on any atom is 0.416 e. The van der Waals surface area contributed by atoms with E-state index in [9.17, 15) is 31.2 Å². The van der Waals surface area contributed by atoms with Crippen LogP contribution >= 0.6 is 11.6 Å². The molecule has 0 saturated carbocycles. The van der Waals surface area contributed by atoms with Crippen LogP contribution in [-0.4, -0.2) is 56.6 Å². The number of sulfonamides is 1. The van der Waals surface area contributed by atoms with Crippen LogP contribution in [0.15, 0.2) is 72.8 Å². The smallest absolute Gasteiger partial charge is 0.416 e. The quantitative estimate of drug-likeness (QED) is 0.287. The second-order valence-corrected chi connectivity index (χ2v) is 13.6. The van der Waals surface area contributed by atoms with Gasteiger partial charge < -0.3 is 15.0 Å². The van der Waals surface area contributed by atoms with E-state index in [2.05, 4.69) is 5.32 Å². The van der Waals surface area contributed by atoms with Crippen LogP contribution in [-0.2, 0) is 38.8 Å². The number of carbonyl (C=O) groups is 2. The average Bonchev–Trinajstić information content (AvgIpc) is 2.92. The van der Waals surface area contributed by atoms with Gasteiger partial charge in [-0.05, 0) is 62.2 Å². The van der Waals surface area contributed by atoms with Gasteiger partial charge in [0.25, 0.3) is 0 Å². The maximum atomic E-state index is 14.2. The number of halogens is 4. The van der Waals surface area contributed by atoms with Crippen LogP contribution in [0.3, 0.4) is 0 Å². The van der Waals surface area contributed by atoms with E-state index < -0.39 is 57.4 Å². The van der Waals surface area contributed by atoms with Crippen molar-refractivity contribution in [3.63, 3.8) is 0 Å². The molecule has 0 saturated heterocycles. The minimum Gasteiger partial charge on any atom is -0.497 e. The van der Waals surface area contributed by atoms with Crippen LogP contribution in [0.25, 0.3) is 0 Å². The Bertz CT molecular complexity index is 1580. The number of carbonyl (C=O) groups excluding carboxylic acids is 2. The van der Waals surface area contributed by atoms with E-state index in [-0.39, 0.29) is 18.0 Å². The fourth-order valence-electron chi connectivity index (χ4n) is 4.45. The van der Waals surface area contributed by atoms with Gasteiger partial charge in [0.15, 0.2) is 0 Å². The van der Waals surface area contributed by atoms with E-state index in [1.165, 1.54) is 12.0 Å². The van der Waals surface area contributed by atoms with E-state index in [1.54, 1.807) is 75.4 Å². The third-order valence-corrected chi connectivity index (χ3v) is 7.92. The first-order valence-corrected chi connectivity index (χ1v) is 15.7. The SMILES string of the molecule is COc1cccc(CN(C(=O)CN(c2cc(C(F)(F)F)ccc2Cl)S(C)(=O)=O)C(Cc2ccccc2)C(=O)NC(C)(C)C)c1. The maximum absolute atomic E-state index is 14.2. The summed E-state index contributed by atoms with van der Waals surface area (Å²) in [5.74, 6) is -0.848. The number of methoxy groups -OCH3 is 1. The molecule has 0 radical (unpaired) electrons. The molecule has 1 atom stereocenters. The predicted molar refractivity (Wildman–Crippen MR) is 164 cm³/mol. The summed E-state index contributed by atoms with van der Waals surface area (Å²) >= 11 is 6.19. The second kappa shape index (κ2) is 13.9. The summed E-state index contributed by atoms with van der Waals surface area (Å²) in [5, 5.41) is 2.59. The average molecular weight is 654 g/mol. The highest BCUT2D eigenvalue weighted by Gasteiger charge is 2.36. The highest BCUT2D eigenvalue weighted by atomic mass is 35.5. The first kappa shape index (κ1) is 34.7. The van der Waals surface area contributed by atoms with Crippen molar-refractivity contribution >= 4 is 39.1 Å². The molecule has 1 N–H and O–H groups in total. The van der Waals surface area contributed by atoms with Crippen LogP contribution < -0.4 is 14.4 Å². The van der Waals surface area contributed by atoms with Gasteiger partial charge in [0.1, 0.15) is 18.3 Å². The fraction of sp³-hybridized carbons (Fsp3) is 0.355. The second-order valence-electron chi connectivity index (χ2n) is 11.3. The number of alkyl halides is 3. The molecule has 3 aromatic carbocycles. The Morgan fingerprint density at radius 2 is 1.59 bits per heavy atom. The number of ether oxygens (including phenoxy) is 1. The molecule has 0 aliphatic rings. The van der Waals surface area contributed by atoms with Gasteiger partial charge in [0, 0.05) is 18.5 Å². The van der Waals surface area contributed by atoms with Crippen molar-refractivity contribution in [2.45, 2.75) is 51.5 Å². The van der Waals surface area contributed by atoms with Gasteiger partial charge in [-0.3, -0.25) is 13.9 Å². The Morgan fingerprint density at radius 1 is 0.955 bits per heavy atom. The van der Waals surface area contributed by atoms with Crippen molar-refractivity contribution in [2.75, 3.05) is 24.2 Å². The van der Waals surface area contributed by atoms with Crippen molar-refractivity contribution in [2.24, 2.45) is 0 Å². The Morgan fingerprint density at radius 3 is 2.16 bits per heavy atom. The molecular formula is C31H35ClF3N3O5S. The number of hydrogen-bond acceptors (Lipinski definition) is 5. The fourth-order valence-corrected chi connectivity index (χ4v) is 5.57. The molecular weight excluding hydrogens is 619 g/mol. The molecule has 238 valence electrons. The summed E-state index contributed by atoms with van der Waals surface area (Å²) in [5.41, 5.74) is -1.04. The summed E-state index contributed by atoms with van der Waals surface area (Å²) in [4.78, 5) is 29.2. The molecule has 0 heterocycles. The van der Waals surface area contributed by atoms with Crippen LogP contribution in [0.5, 0.6) is 5.75 Å². The predicted octanol–water partition coefficient (Wildman–Crippen LogP) is 5.69. The highest BCUT2D eigenvalue weighted by molar-refractivity contribution is 7.92. The Labute approximate surface area is 260 Å². The van der Waals surface area contributed by atoms with Crippen LogP contribution in [0, 0.1) is 0 Å². The minimum absolute atomic E-state index is 0.0711. The lowest BCUT2D eigenvalue weighted by molar-refractivity contribution is -0.140.